The maximum absolute atomic E-state index is 12.4. The molecule has 2 heterocycles. The first-order chi connectivity index (χ1) is 9.63. The Kier molecular flexibility index (Phi) is 4.89. The highest BCUT2D eigenvalue weighted by molar-refractivity contribution is 6.29. The highest BCUT2D eigenvalue weighted by Gasteiger charge is 2.34. The minimum absolute atomic E-state index is 0.186. The van der Waals surface area contributed by atoms with Crippen LogP contribution in [0.15, 0.2) is 12.4 Å². The van der Waals surface area contributed by atoms with Crippen LogP contribution >= 0.6 is 11.6 Å². The average molecular weight is 298 g/mol. The van der Waals surface area contributed by atoms with E-state index in [1.165, 1.54) is 17.3 Å². The number of ether oxygens (including phenoxy) is 1. The van der Waals surface area contributed by atoms with E-state index in [0.717, 1.165) is 12.8 Å². The molecule has 1 aromatic heterocycles. The van der Waals surface area contributed by atoms with Crippen LogP contribution in [0.3, 0.4) is 0 Å². The number of likely N-dealkylation sites (tertiary alicyclic amines) is 1. The van der Waals surface area contributed by atoms with Crippen molar-refractivity contribution in [2.24, 2.45) is 0 Å². The molecule has 0 N–H and O–H groups in total. The zero-order valence-electron chi connectivity index (χ0n) is 11.2. The van der Waals surface area contributed by atoms with Crippen LogP contribution in [-0.2, 0) is 9.53 Å². The van der Waals surface area contributed by atoms with Crippen LogP contribution < -0.4 is 0 Å². The highest BCUT2D eigenvalue weighted by atomic mass is 35.5. The van der Waals surface area contributed by atoms with Crippen molar-refractivity contribution in [3.8, 4) is 0 Å². The van der Waals surface area contributed by atoms with E-state index in [2.05, 4.69) is 9.97 Å². The van der Waals surface area contributed by atoms with Crippen LogP contribution in [0.2, 0.25) is 5.15 Å². The number of hydrogen-bond acceptors (Lipinski definition) is 5. The van der Waals surface area contributed by atoms with E-state index in [0.29, 0.717) is 19.6 Å². The summed E-state index contributed by atoms with van der Waals surface area (Å²) in [5.74, 6) is -0.672. The minimum Gasteiger partial charge on any atom is -0.464 e. The van der Waals surface area contributed by atoms with Crippen LogP contribution in [0.1, 0.15) is 36.7 Å². The average Bonchev–Trinajstić information content (AvgIpc) is 2.47. The zero-order valence-corrected chi connectivity index (χ0v) is 12.0. The molecular formula is C13H16ClN3O3. The maximum atomic E-state index is 12.4. The van der Waals surface area contributed by atoms with Gasteiger partial charge in [-0.2, -0.15) is 0 Å². The Morgan fingerprint density at radius 3 is 2.85 bits per heavy atom. The first kappa shape index (κ1) is 14.7. The van der Waals surface area contributed by atoms with Gasteiger partial charge in [0.2, 0.25) is 0 Å². The van der Waals surface area contributed by atoms with Gasteiger partial charge in [-0.05, 0) is 26.2 Å². The molecule has 1 saturated heterocycles. The predicted molar refractivity (Wildman–Crippen MR) is 72.4 cm³/mol. The number of rotatable bonds is 3. The fraction of sp³-hybridized carbons (Fsp3) is 0.538. The van der Waals surface area contributed by atoms with Gasteiger partial charge < -0.3 is 9.64 Å². The number of piperidine rings is 1. The van der Waals surface area contributed by atoms with Gasteiger partial charge in [-0.1, -0.05) is 11.6 Å². The first-order valence-corrected chi connectivity index (χ1v) is 6.96. The molecule has 2 rings (SSSR count). The summed E-state index contributed by atoms with van der Waals surface area (Å²) in [6, 6.07) is -0.534. The van der Waals surface area contributed by atoms with E-state index in [4.69, 9.17) is 16.3 Å². The Bertz CT molecular complexity index is 492. The molecule has 1 aliphatic heterocycles. The van der Waals surface area contributed by atoms with E-state index in [9.17, 15) is 9.59 Å². The lowest BCUT2D eigenvalue weighted by Crippen LogP contribution is -2.48. The maximum Gasteiger partial charge on any atom is 0.328 e. The van der Waals surface area contributed by atoms with Crippen molar-refractivity contribution in [3.05, 3.63) is 23.2 Å². The molecule has 1 unspecified atom stereocenters. The number of hydrogen-bond donors (Lipinski definition) is 0. The van der Waals surface area contributed by atoms with Crippen molar-refractivity contribution in [1.29, 1.82) is 0 Å². The summed E-state index contributed by atoms with van der Waals surface area (Å²) in [6.45, 7) is 2.57. The lowest BCUT2D eigenvalue weighted by atomic mass is 10.0. The highest BCUT2D eigenvalue weighted by Crippen LogP contribution is 2.20. The van der Waals surface area contributed by atoms with Gasteiger partial charge in [0.1, 0.15) is 16.9 Å². The van der Waals surface area contributed by atoms with Crippen LogP contribution in [-0.4, -0.2) is 45.9 Å². The third kappa shape index (κ3) is 3.25. The third-order valence-electron chi connectivity index (χ3n) is 3.16. The first-order valence-electron chi connectivity index (χ1n) is 6.58. The molecule has 0 aliphatic carbocycles. The molecule has 0 saturated carbocycles. The molecule has 1 aromatic rings. The Morgan fingerprint density at radius 1 is 1.40 bits per heavy atom. The number of nitrogens with zero attached hydrogens (tertiary/aromatic N) is 3. The number of carbonyl (C=O) groups is 2. The van der Waals surface area contributed by atoms with Gasteiger partial charge in [-0.3, -0.25) is 4.79 Å². The third-order valence-corrected chi connectivity index (χ3v) is 3.36. The topological polar surface area (TPSA) is 72.4 Å². The van der Waals surface area contributed by atoms with Crippen LogP contribution in [0.25, 0.3) is 0 Å². The molecule has 108 valence electrons. The summed E-state index contributed by atoms with van der Waals surface area (Å²) in [5.41, 5.74) is 0.186. The Morgan fingerprint density at radius 2 is 2.20 bits per heavy atom. The summed E-state index contributed by atoms with van der Waals surface area (Å²) in [5, 5.41) is 0.224. The van der Waals surface area contributed by atoms with E-state index < -0.39 is 6.04 Å². The second-order valence-electron chi connectivity index (χ2n) is 4.49. The van der Waals surface area contributed by atoms with Crippen molar-refractivity contribution in [3.63, 3.8) is 0 Å². The Hall–Kier alpha value is -1.69. The van der Waals surface area contributed by atoms with Crippen LogP contribution in [0.5, 0.6) is 0 Å². The molecule has 1 atom stereocenters. The number of carbonyl (C=O) groups excluding carboxylic acids is 2. The molecule has 0 radical (unpaired) electrons. The van der Waals surface area contributed by atoms with Crippen molar-refractivity contribution >= 4 is 23.5 Å². The molecule has 1 amide bonds. The number of amides is 1. The second kappa shape index (κ2) is 6.65. The van der Waals surface area contributed by atoms with Crippen LogP contribution in [0, 0.1) is 0 Å². The van der Waals surface area contributed by atoms with Gasteiger partial charge in [-0.25, -0.2) is 14.8 Å². The van der Waals surface area contributed by atoms with Gasteiger partial charge in [-0.15, -0.1) is 0 Å². The fourth-order valence-corrected chi connectivity index (χ4v) is 2.33. The molecule has 0 bridgehead atoms. The van der Waals surface area contributed by atoms with Gasteiger partial charge in [0, 0.05) is 6.54 Å². The van der Waals surface area contributed by atoms with Gasteiger partial charge >= 0.3 is 5.97 Å². The number of halogens is 1. The SMILES string of the molecule is CCOC(=O)C1CCCCN1C(=O)c1cnc(Cl)cn1. The van der Waals surface area contributed by atoms with E-state index in [1.807, 2.05) is 0 Å². The summed E-state index contributed by atoms with van der Waals surface area (Å²) in [6.07, 6.45) is 5.02. The molecule has 1 fully saturated rings. The lowest BCUT2D eigenvalue weighted by molar-refractivity contribution is -0.149. The standard InChI is InChI=1S/C13H16ClN3O3/c1-2-20-13(19)10-5-3-4-6-17(10)12(18)9-7-16-11(14)8-15-9/h7-8,10H,2-6H2,1H3. The van der Waals surface area contributed by atoms with Crippen molar-refractivity contribution in [2.75, 3.05) is 13.2 Å². The number of aromatic nitrogens is 2. The summed E-state index contributed by atoms with van der Waals surface area (Å²) < 4.78 is 5.03. The molecule has 20 heavy (non-hydrogen) atoms. The minimum atomic E-state index is -0.534. The monoisotopic (exact) mass is 297 g/mol. The van der Waals surface area contributed by atoms with E-state index >= 15 is 0 Å². The zero-order chi connectivity index (χ0) is 14.5. The molecule has 6 nitrogen and oxygen atoms in total. The lowest BCUT2D eigenvalue weighted by Gasteiger charge is -2.33. The molecule has 7 heteroatoms. The van der Waals surface area contributed by atoms with Gasteiger partial charge in [0.05, 0.1) is 19.0 Å². The van der Waals surface area contributed by atoms with Crippen molar-refractivity contribution in [2.45, 2.75) is 32.2 Å². The smallest absolute Gasteiger partial charge is 0.328 e. The van der Waals surface area contributed by atoms with Gasteiger partial charge in [0.15, 0.2) is 0 Å². The Labute approximate surface area is 122 Å². The largest absolute Gasteiger partial charge is 0.464 e. The molecule has 0 aromatic carbocycles. The number of esters is 1. The summed E-state index contributed by atoms with van der Waals surface area (Å²) >= 11 is 5.65. The molecule has 0 spiro atoms. The summed E-state index contributed by atoms with van der Waals surface area (Å²) in [4.78, 5) is 33.6. The molecule has 1 aliphatic rings. The predicted octanol–water partition coefficient (Wildman–Crippen LogP) is 1.69. The van der Waals surface area contributed by atoms with Crippen molar-refractivity contribution in [1.82, 2.24) is 14.9 Å². The fourth-order valence-electron chi connectivity index (χ4n) is 2.23. The normalized spacial score (nSPS) is 18.7. The van der Waals surface area contributed by atoms with E-state index in [-0.39, 0.29) is 22.7 Å². The molecular weight excluding hydrogens is 282 g/mol. The summed E-state index contributed by atoms with van der Waals surface area (Å²) in [7, 11) is 0. The second-order valence-corrected chi connectivity index (χ2v) is 4.87. The van der Waals surface area contributed by atoms with Gasteiger partial charge in [0.25, 0.3) is 5.91 Å². The Balaban J connectivity index is 2.16. The van der Waals surface area contributed by atoms with Crippen molar-refractivity contribution < 1.29 is 14.3 Å². The van der Waals surface area contributed by atoms with E-state index in [1.54, 1.807) is 6.92 Å². The quantitative estimate of drug-likeness (QED) is 0.794. The van der Waals surface area contributed by atoms with Crippen LogP contribution in [0.4, 0.5) is 0 Å².